The first-order chi connectivity index (χ1) is 14.0. The third-order valence-corrected chi connectivity index (χ3v) is 3.76. The molecule has 0 bridgehead atoms. The number of ketones is 2. The molecule has 2 rings (SSSR count). The molecule has 0 aromatic heterocycles. The van der Waals surface area contributed by atoms with Crippen molar-refractivity contribution in [3.05, 3.63) is 86.1 Å². The standard InChI is InChI=1S/C12H14N2O3.C9H9NO3/c1-9(15)12(8-13(2)3)10-4-6-11(7-5-10)14(16)17;1-7(11)6-8-2-4-9(5-3-8)10(12)13/h4-8H,1-3H3;2-5H,6H2,1H3/b12-8-;. The third kappa shape index (κ3) is 8.01. The molecule has 0 heterocycles. The van der Waals surface area contributed by atoms with Crippen LogP contribution < -0.4 is 0 Å². The van der Waals surface area contributed by atoms with Gasteiger partial charge in [0.15, 0.2) is 5.78 Å². The number of carbonyl (C=O) groups is 2. The fourth-order valence-corrected chi connectivity index (χ4v) is 2.41. The van der Waals surface area contributed by atoms with Crippen LogP contribution in [0, 0.1) is 20.2 Å². The van der Waals surface area contributed by atoms with Crippen LogP contribution in [0.3, 0.4) is 0 Å². The van der Waals surface area contributed by atoms with Gasteiger partial charge in [0.05, 0.1) is 9.85 Å². The third-order valence-electron chi connectivity index (χ3n) is 3.76. The van der Waals surface area contributed by atoms with Crippen LogP contribution in [-0.4, -0.2) is 40.4 Å². The zero-order valence-corrected chi connectivity index (χ0v) is 17.2. The van der Waals surface area contributed by atoms with Crippen molar-refractivity contribution in [3.63, 3.8) is 0 Å². The van der Waals surface area contributed by atoms with Gasteiger partial charge in [0, 0.05) is 56.6 Å². The fraction of sp³-hybridized carbons (Fsp3) is 0.238. The molecule has 2 aromatic carbocycles. The number of nitrogens with zero attached hydrogens (tertiary/aromatic N) is 3. The zero-order valence-electron chi connectivity index (χ0n) is 17.2. The van der Waals surface area contributed by atoms with Gasteiger partial charge >= 0.3 is 0 Å². The van der Waals surface area contributed by atoms with E-state index in [0.717, 1.165) is 5.56 Å². The van der Waals surface area contributed by atoms with Crippen LogP contribution in [0.4, 0.5) is 11.4 Å². The van der Waals surface area contributed by atoms with Crippen LogP contribution in [-0.2, 0) is 16.0 Å². The lowest BCUT2D eigenvalue weighted by Gasteiger charge is -2.09. The SMILES string of the molecule is CC(=O)/C(=C/N(C)C)c1ccc([N+](=O)[O-])cc1.CC(=O)Cc1ccc([N+](=O)[O-])cc1. The first-order valence-corrected chi connectivity index (χ1v) is 8.88. The second kappa shape index (κ2) is 11.2. The molecule has 0 N–H and O–H groups in total. The van der Waals surface area contributed by atoms with Gasteiger partial charge in [-0.1, -0.05) is 12.1 Å². The van der Waals surface area contributed by atoms with Crippen molar-refractivity contribution in [1.29, 1.82) is 0 Å². The van der Waals surface area contributed by atoms with E-state index in [2.05, 4.69) is 0 Å². The summed E-state index contributed by atoms with van der Waals surface area (Å²) < 4.78 is 0. The zero-order chi connectivity index (χ0) is 22.8. The number of hydrogen-bond acceptors (Lipinski definition) is 7. The highest BCUT2D eigenvalue weighted by molar-refractivity contribution is 6.19. The van der Waals surface area contributed by atoms with Gasteiger partial charge < -0.3 is 4.90 Å². The molecule has 9 heteroatoms. The van der Waals surface area contributed by atoms with Crippen molar-refractivity contribution < 1.29 is 19.4 Å². The van der Waals surface area contributed by atoms with E-state index in [0.29, 0.717) is 17.6 Å². The molecule has 0 saturated heterocycles. The van der Waals surface area contributed by atoms with E-state index in [1.54, 1.807) is 35.4 Å². The van der Waals surface area contributed by atoms with Crippen LogP contribution in [0.5, 0.6) is 0 Å². The quantitative estimate of drug-likeness (QED) is 0.384. The first kappa shape index (κ1) is 24.2. The van der Waals surface area contributed by atoms with Gasteiger partial charge in [-0.2, -0.15) is 0 Å². The van der Waals surface area contributed by atoms with Crippen molar-refractivity contribution in [2.24, 2.45) is 0 Å². The highest BCUT2D eigenvalue weighted by atomic mass is 16.6. The molecule has 0 unspecified atom stereocenters. The Labute approximate surface area is 173 Å². The maximum atomic E-state index is 11.5. The molecule has 0 aliphatic rings. The van der Waals surface area contributed by atoms with E-state index < -0.39 is 9.85 Å². The predicted molar refractivity (Wildman–Crippen MR) is 113 cm³/mol. The minimum absolute atomic E-state index is 0.0153. The normalized spacial score (nSPS) is 10.5. The number of carbonyl (C=O) groups excluding carboxylic acids is 2. The van der Waals surface area contributed by atoms with Gasteiger partial charge in [-0.05, 0) is 37.1 Å². The summed E-state index contributed by atoms with van der Waals surface area (Å²) in [4.78, 5) is 43.8. The summed E-state index contributed by atoms with van der Waals surface area (Å²) in [6.45, 7) is 2.96. The molecule has 0 spiro atoms. The largest absolute Gasteiger partial charge is 0.383 e. The molecular formula is C21H23N3O6. The Kier molecular flexibility index (Phi) is 9.02. The number of nitro benzene ring substituents is 2. The maximum Gasteiger partial charge on any atom is 0.269 e. The Balaban J connectivity index is 0.000000311. The van der Waals surface area contributed by atoms with Crippen molar-refractivity contribution >= 4 is 28.5 Å². The van der Waals surface area contributed by atoms with Crippen molar-refractivity contribution in [1.82, 2.24) is 4.90 Å². The van der Waals surface area contributed by atoms with Gasteiger partial charge in [-0.15, -0.1) is 0 Å². The highest BCUT2D eigenvalue weighted by Crippen LogP contribution is 2.19. The van der Waals surface area contributed by atoms with E-state index in [4.69, 9.17) is 0 Å². The van der Waals surface area contributed by atoms with E-state index >= 15 is 0 Å². The second-order valence-electron chi connectivity index (χ2n) is 6.67. The van der Waals surface area contributed by atoms with Crippen molar-refractivity contribution in [3.8, 4) is 0 Å². The highest BCUT2D eigenvalue weighted by Gasteiger charge is 2.10. The van der Waals surface area contributed by atoms with E-state index in [9.17, 15) is 29.8 Å². The van der Waals surface area contributed by atoms with E-state index in [-0.39, 0.29) is 22.9 Å². The van der Waals surface area contributed by atoms with Crippen LogP contribution in [0.1, 0.15) is 25.0 Å². The van der Waals surface area contributed by atoms with Gasteiger partial charge in [0.1, 0.15) is 5.78 Å². The molecule has 2 aromatic rings. The minimum Gasteiger partial charge on any atom is -0.383 e. The lowest BCUT2D eigenvalue weighted by molar-refractivity contribution is -0.385. The fourth-order valence-electron chi connectivity index (χ4n) is 2.41. The lowest BCUT2D eigenvalue weighted by Crippen LogP contribution is -2.06. The van der Waals surface area contributed by atoms with Gasteiger partial charge in [-0.3, -0.25) is 29.8 Å². The molecule has 30 heavy (non-hydrogen) atoms. The Morgan fingerprint density at radius 1 is 0.867 bits per heavy atom. The molecule has 0 amide bonds. The van der Waals surface area contributed by atoms with Crippen LogP contribution in [0.25, 0.3) is 5.57 Å². The van der Waals surface area contributed by atoms with Gasteiger partial charge in [0.25, 0.3) is 11.4 Å². The van der Waals surface area contributed by atoms with Crippen molar-refractivity contribution in [2.75, 3.05) is 14.1 Å². The Morgan fingerprint density at radius 2 is 1.30 bits per heavy atom. The van der Waals surface area contributed by atoms with E-state index in [1.807, 2.05) is 14.1 Å². The first-order valence-electron chi connectivity index (χ1n) is 8.88. The van der Waals surface area contributed by atoms with Gasteiger partial charge in [0.2, 0.25) is 0 Å². The predicted octanol–water partition coefficient (Wildman–Crippen LogP) is 3.81. The summed E-state index contributed by atoms with van der Waals surface area (Å²) in [6.07, 6.45) is 2.03. The molecule has 158 valence electrons. The number of Topliss-reactive ketones (excluding diaryl/α,β-unsaturated/α-hetero) is 2. The number of non-ortho nitro benzene ring substituents is 2. The van der Waals surface area contributed by atoms with Crippen LogP contribution in [0.15, 0.2) is 54.7 Å². The number of nitro groups is 2. The minimum atomic E-state index is -0.465. The summed E-state index contributed by atoms with van der Waals surface area (Å²) in [5, 5.41) is 20.8. The molecular weight excluding hydrogens is 390 g/mol. The number of allylic oxidation sites excluding steroid dienone is 1. The molecule has 9 nitrogen and oxygen atoms in total. The Hall–Kier alpha value is -3.88. The Morgan fingerprint density at radius 3 is 1.63 bits per heavy atom. The van der Waals surface area contributed by atoms with Gasteiger partial charge in [-0.25, -0.2) is 0 Å². The number of benzene rings is 2. The summed E-state index contributed by atoms with van der Waals surface area (Å²) in [5.41, 5.74) is 2.08. The summed E-state index contributed by atoms with van der Waals surface area (Å²) >= 11 is 0. The maximum absolute atomic E-state index is 11.5. The second-order valence-corrected chi connectivity index (χ2v) is 6.67. The smallest absolute Gasteiger partial charge is 0.269 e. The topological polar surface area (TPSA) is 124 Å². The summed E-state index contributed by atoms with van der Waals surface area (Å²) in [6, 6.07) is 11.9. The molecule has 0 aliphatic carbocycles. The summed E-state index contributed by atoms with van der Waals surface area (Å²) in [7, 11) is 3.63. The summed E-state index contributed by atoms with van der Waals surface area (Å²) in [5.74, 6) is -0.0265. The van der Waals surface area contributed by atoms with Crippen molar-refractivity contribution in [2.45, 2.75) is 20.3 Å². The molecule has 0 fully saturated rings. The molecule has 0 radical (unpaired) electrons. The number of hydrogen-bond donors (Lipinski definition) is 0. The van der Waals surface area contributed by atoms with Crippen LogP contribution >= 0.6 is 0 Å². The average Bonchev–Trinajstić information content (AvgIpc) is 2.66. The average molecular weight is 413 g/mol. The van der Waals surface area contributed by atoms with Crippen LogP contribution in [0.2, 0.25) is 0 Å². The van der Waals surface area contributed by atoms with E-state index in [1.165, 1.54) is 38.1 Å². The molecule has 0 aliphatic heterocycles. The Bertz CT molecular complexity index is 948. The monoisotopic (exact) mass is 413 g/mol. The lowest BCUT2D eigenvalue weighted by atomic mass is 10.0. The number of rotatable bonds is 7. The molecule has 0 saturated carbocycles. The molecule has 0 atom stereocenters.